The molecule has 0 amide bonds. The number of hydrogen-bond donors (Lipinski definition) is 1. The van der Waals surface area contributed by atoms with Gasteiger partial charge in [-0.3, -0.25) is 0 Å². The van der Waals surface area contributed by atoms with Crippen LogP contribution in [-0.4, -0.2) is 26.1 Å². The van der Waals surface area contributed by atoms with Gasteiger partial charge in [0.2, 0.25) is 0 Å². The van der Waals surface area contributed by atoms with Gasteiger partial charge in [-0.15, -0.1) is 6.58 Å². The van der Waals surface area contributed by atoms with E-state index in [-0.39, 0.29) is 12.0 Å². The third-order valence-electron chi connectivity index (χ3n) is 4.87. The Morgan fingerprint density at radius 2 is 1.48 bits per heavy atom. The first-order valence-electron chi connectivity index (χ1n) is 8.62. The van der Waals surface area contributed by atoms with Crippen molar-refractivity contribution in [1.29, 1.82) is 0 Å². The summed E-state index contributed by atoms with van der Waals surface area (Å²) in [6.07, 6.45) is 4.49. The van der Waals surface area contributed by atoms with Crippen molar-refractivity contribution in [3.63, 3.8) is 0 Å². The second-order valence-corrected chi connectivity index (χ2v) is 12.9. The molecule has 0 aliphatic heterocycles. The van der Waals surface area contributed by atoms with E-state index in [1.165, 1.54) is 0 Å². The van der Waals surface area contributed by atoms with Gasteiger partial charge in [-0.05, 0) is 35.9 Å². The average Bonchev–Trinajstić information content (AvgIpc) is 2.37. The molecule has 0 aromatic carbocycles. The highest BCUT2D eigenvalue weighted by atomic mass is 28.4. The van der Waals surface area contributed by atoms with Crippen LogP contribution in [0.15, 0.2) is 12.7 Å². The third-order valence-corrected chi connectivity index (χ3v) is 10.9. The summed E-state index contributed by atoms with van der Waals surface area (Å²) >= 11 is 0. The molecule has 0 aromatic heterocycles. The molecule has 2 nitrogen and oxygen atoms in total. The predicted molar refractivity (Wildman–Crippen MR) is 96.2 cm³/mol. The normalized spacial score (nSPS) is 15.8. The van der Waals surface area contributed by atoms with Gasteiger partial charge < -0.3 is 9.53 Å². The molecule has 0 unspecified atom stereocenters. The largest absolute Gasteiger partial charge is 0.416 e. The quantitative estimate of drug-likeness (QED) is 0.308. The lowest BCUT2D eigenvalue weighted by atomic mass is 10.0. The minimum atomic E-state index is -1.80. The Bertz CT molecular complexity index is 265. The lowest BCUT2D eigenvalue weighted by Crippen LogP contribution is -2.49. The molecule has 0 spiro atoms. The SMILES string of the molecule is C=CCCC[C@H](O)[C@@H](C)CO[Si](C(C)C)(C(C)C)C(C)C. The van der Waals surface area contributed by atoms with Crippen molar-refractivity contribution in [2.75, 3.05) is 6.61 Å². The maximum Gasteiger partial charge on any atom is 0.200 e. The fraction of sp³-hybridized carbons (Fsp3) is 0.889. The van der Waals surface area contributed by atoms with Gasteiger partial charge in [0, 0.05) is 12.5 Å². The van der Waals surface area contributed by atoms with Crippen molar-refractivity contribution in [2.45, 2.75) is 90.5 Å². The summed E-state index contributed by atoms with van der Waals surface area (Å²) in [6, 6.07) is 0. The zero-order valence-electron chi connectivity index (χ0n) is 15.4. The Morgan fingerprint density at radius 3 is 1.86 bits per heavy atom. The van der Waals surface area contributed by atoms with Gasteiger partial charge in [0.05, 0.1) is 6.10 Å². The fourth-order valence-corrected chi connectivity index (χ4v) is 9.19. The molecular formula is C18H38O2Si. The standard InChI is InChI=1S/C18H38O2Si/c1-9-10-11-12-18(19)17(8)13-20-21(14(2)3,15(4)5)16(6)7/h9,14-19H,1,10-13H2,2-8H3/t17-,18-/m0/s1. The maximum absolute atomic E-state index is 10.3. The molecule has 0 aliphatic rings. The molecule has 0 aromatic rings. The van der Waals surface area contributed by atoms with E-state index >= 15 is 0 Å². The van der Waals surface area contributed by atoms with E-state index in [0.717, 1.165) is 19.3 Å². The van der Waals surface area contributed by atoms with Crippen LogP contribution < -0.4 is 0 Å². The molecule has 3 heteroatoms. The lowest BCUT2D eigenvalue weighted by molar-refractivity contribution is 0.0708. The van der Waals surface area contributed by atoms with Crippen molar-refractivity contribution in [3.05, 3.63) is 12.7 Å². The summed E-state index contributed by atoms with van der Waals surface area (Å²) in [5.74, 6) is 0.206. The second kappa shape index (κ2) is 9.81. The molecule has 0 saturated heterocycles. The van der Waals surface area contributed by atoms with Crippen LogP contribution in [0, 0.1) is 5.92 Å². The molecular weight excluding hydrogens is 276 g/mol. The Morgan fingerprint density at radius 1 is 1.00 bits per heavy atom. The molecule has 2 atom stereocenters. The minimum Gasteiger partial charge on any atom is -0.416 e. The predicted octanol–water partition coefficient (Wildman–Crippen LogP) is 5.53. The summed E-state index contributed by atoms with van der Waals surface area (Å²) in [5.41, 5.74) is 1.80. The maximum atomic E-state index is 10.3. The number of allylic oxidation sites excluding steroid dienone is 1. The van der Waals surface area contributed by atoms with Crippen molar-refractivity contribution in [1.82, 2.24) is 0 Å². The van der Waals surface area contributed by atoms with Crippen LogP contribution in [0.5, 0.6) is 0 Å². The van der Waals surface area contributed by atoms with Gasteiger partial charge in [0.1, 0.15) is 0 Å². The van der Waals surface area contributed by atoms with E-state index in [4.69, 9.17) is 4.43 Å². The summed E-state index contributed by atoms with van der Waals surface area (Å²) in [5, 5.41) is 10.3. The van der Waals surface area contributed by atoms with Crippen LogP contribution in [0.3, 0.4) is 0 Å². The zero-order valence-corrected chi connectivity index (χ0v) is 16.4. The Balaban J connectivity index is 4.64. The first-order valence-corrected chi connectivity index (χ1v) is 10.8. The van der Waals surface area contributed by atoms with Gasteiger partial charge in [0.25, 0.3) is 0 Å². The van der Waals surface area contributed by atoms with Crippen LogP contribution in [0.2, 0.25) is 16.6 Å². The van der Waals surface area contributed by atoms with Gasteiger partial charge in [-0.1, -0.05) is 54.5 Å². The number of rotatable bonds is 11. The molecule has 21 heavy (non-hydrogen) atoms. The minimum absolute atomic E-state index is 0.206. The second-order valence-electron chi connectivity index (χ2n) is 7.39. The van der Waals surface area contributed by atoms with Crippen molar-refractivity contribution >= 4 is 8.32 Å². The van der Waals surface area contributed by atoms with Crippen molar-refractivity contribution in [3.8, 4) is 0 Å². The molecule has 0 radical (unpaired) electrons. The first kappa shape index (κ1) is 20.9. The van der Waals surface area contributed by atoms with Crippen molar-refractivity contribution < 1.29 is 9.53 Å². The fourth-order valence-electron chi connectivity index (χ4n) is 3.64. The molecule has 0 aliphatic carbocycles. The average molecular weight is 315 g/mol. The third kappa shape index (κ3) is 5.88. The van der Waals surface area contributed by atoms with Crippen LogP contribution >= 0.6 is 0 Å². The molecule has 0 rings (SSSR count). The van der Waals surface area contributed by atoms with Crippen molar-refractivity contribution in [2.24, 2.45) is 5.92 Å². The van der Waals surface area contributed by atoms with E-state index in [1.807, 2.05) is 6.08 Å². The molecule has 126 valence electrons. The highest BCUT2D eigenvalue weighted by Crippen LogP contribution is 2.42. The van der Waals surface area contributed by atoms with Crippen LogP contribution in [0.25, 0.3) is 0 Å². The first-order chi connectivity index (χ1) is 9.70. The zero-order chi connectivity index (χ0) is 16.6. The Hall–Kier alpha value is -0.123. The highest BCUT2D eigenvalue weighted by Gasteiger charge is 2.45. The lowest BCUT2D eigenvalue weighted by Gasteiger charge is -2.43. The van der Waals surface area contributed by atoms with E-state index in [0.29, 0.717) is 23.2 Å². The molecule has 0 saturated carbocycles. The number of aliphatic hydroxyl groups excluding tert-OH is 1. The van der Waals surface area contributed by atoms with Crippen LogP contribution in [0.1, 0.15) is 67.7 Å². The summed E-state index contributed by atoms with van der Waals surface area (Å²) in [6.45, 7) is 20.3. The number of unbranched alkanes of at least 4 members (excludes halogenated alkanes) is 1. The molecule has 0 fully saturated rings. The monoisotopic (exact) mass is 314 g/mol. The summed E-state index contributed by atoms with van der Waals surface area (Å²) in [7, 11) is -1.80. The van der Waals surface area contributed by atoms with Gasteiger partial charge in [0.15, 0.2) is 8.32 Å². The van der Waals surface area contributed by atoms with Gasteiger partial charge >= 0.3 is 0 Å². The van der Waals surface area contributed by atoms with E-state index in [2.05, 4.69) is 55.0 Å². The van der Waals surface area contributed by atoms with Crippen LogP contribution in [0.4, 0.5) is 0 Å². The van der Waals surface area contributed by atoms with Gasteiger partial charge in [-0.2, -0.15) is 0 Å². The van der Waals surface area contributed by atoms with Gasteiger partial charge in [-0.25, -0.2) is 0 Å². The topological polar surface area (TPSA) is 29.5 Å². The Kier molecular flexibility index (Phi) is 9.75. The summed E-state index contributed by atoms with van der Waals surface area (Å²) < 4.78 is 6.56. The molecule has 1 N–H and O–H groups in total. The smallest absolute Gasteiger partial charge is 0.200 e. The van der Waals surface area contributed by atoms with E-state index < -0.39 is 8.32 Å². The molecule has 0 heterocycles. The highest BCUT2D eigenvalue weighted by molar-refractivity contribution is 6.77. The Labute approximate surface area is 134 Å². The number of aliphatic hydroxyl groups is 1. The molecule has 0 bridgehead atoms. The summed E-state index contributed by atoms with van der Waals surface area (Å²) in [4.78, 5) is 0. The van der Waals surface area contributed by atoms with Crippen LogP contribution in [-0.2, 0) is 4.43 Å². The number of hydrogen-bond acceptors (Lipinski definition) is 2. The van der Waals surface area contributed by atoms with E-state index in [1.54, 1.807) is 0 Å². The van der Waals surface area contributed by atoms with E-state index in [9.17, 15) is 5.11 Å².